The minimum Gasteiger partial charge on any atom is -0.263 e. The van der Waals surface area contributed by atoms with Gasteiger partial charge in [-0.3, -0.25) is 4.98 Å². The van der Waals surface area contributed by atoms with Crippen LogP contribution >= 0.6 is 0 Å². The summed E-state index contributed by atoms with van der Waals surface area (Å²) in [5.41, 5.74) is 5.82. The molecule has 1 aromatic heterocycles. The van der Waals surface area contributed by atoms with Crippen LogP contribution < -0.4 is 0 Å². The molecule has 0 aromatic carbocycles. The van der Waals surface area contributed by atoms with Gasteiger partial charge in [0.05, 0.1) is 0 Å². The molecule has 0 amide bonds. The summed E-state index contributed by atoms with van der Waals surface area (Å²) < 4.78 is 0. The van der Waals surface area contributed by atoms with Gasteiger partial charge in [0.1, 0.15) is 8.07 Å². The average molecular weight is 229 g/mol. The molecule has 2 rings (SSSR count). The predicted octanol–water partition coefficient (Wildman–Crippen LogP) is 3.26. The van der Waals surface area contributed by atoms with Crippen molar-refractivity contribution in [2.75, 3.05) is 0 Å². The standard InChI is InChI=1S/C14H19NSi/c1-16(2,3)7-6-13-9-14(11-15-10-13)8-12-4-5-12/h9-12H,4-5,8H2,1-3H3. The first-order chi connectivity index (χ1) is 7.53. The van der Waals surface area contributed by atoms with E-state index in [2.05, 4.69) is 42.2 Å². The van der Waals surface area contributed by atoms with Crippen molar-refractivity contribution in [3.63, 3.8) is 0 Å². The molecule has 2 heteroatoms. The van der Waals surface area contributed by atoms with E-state index in [0.717, 1.165) is 11.5 Å². The van der Waals surface area contributed by atoms with E-state index >= 15 is 0 Å². The zero-order valence-electron chi connectivity index (χ0n) is 10.4. The third-order valence-electron chi connectivity index (χ3n) is 2.60. The molecule has 0 spiro atoms. The van der Waals surface area contributed by atoms with E-state index in [-0.39, 0.29) is 0 Å². The highest BCUT2D eigenvalue weighted by Gasteiger charge is 2.21. The Morgan fingerprint density at radius 1 is 1.31 bits per heavy atom. The fourth-order valence-corrected chi connectivity index (χ4v) is 2.10. The van der Waals surface area contributed by atoms with E-state index in [0.29, 0.717) is 0 Å². The number of hydrogen-bond donors (Lipinski definition) is 0. The number of nitrogens with zero attached hydrogens (tertiary/aromatic N) is 1. The van der Waals surface area contributed by atoms with Gasteiger partial charge in [-0.15, -0.1) is 5.54 Å². The molecule has 1 aromatic rings. The zero-order chi connectivity index (χ0) is 11.6. The normalized spacial score (nSPS) is 15.4. The molecule has 1 heterocycles. The van der Waals surface area contributed by atoms with Crippen LogP contribution in [0.3, 0.4) is 0 Å². The highest BCUT2D eigenvalue weighted by molar-refractivity contribution is 6.83. The monoisotopic (exact) mass is 229 g/mol. The molecule has 84 valence electrons. The van der Waals surface area contributed by atoms with Crippen LogP contribution in [0.25, 0.3) is 0 Å². The summed E-state index contributed by atoms with van der Waals surface area (Å²) in [6.07, 6.45) is 7.84. The SMILES string of the molecule is C[Si](C)(C)C#Cc1cncc(CC2CC2)c1. The van der Waals surface area contributed by atoms with E-state index in [4.69, 9.17) is 0 Å². The third-order valence-corrected chi connectivity index (χ3v) is 3.47. The first kappa shape index (κ1) is 11.4. The van der Waals surface area contributed by atoms with Crippen LogP contribution in [0.5, 0.6) is 0 Å². The van der Waals surface area contributed by atoms with Crippen molar-refractivity contribution in [1.29, 1.82) is 0 Å². The van der Waals surface area contributed by atoms with Gasteiger partial charge in [0.25, 0.3) is 0 Å². The maximum Gasteiger partial charge on any atom is 0.129 e. The maximum absolute atomic E-state index is 4.28. The number of hydrogen-bond acceptors (Lipinski definition) is 1. The Bertz CT molecular complexity index is 430. The van der Waals surface area contributed by atoms with Gasteiger partial charge in [-0.2, -0.15) is 0 Å². The molecule has 0 unspecified atom stereocenters. The number of pyridine rings is 1. The molecule has 0 radical (unpaired) electrons. The summed E-state index contributed by atoms with van der Waals surface area (Å²) in [5.74, 6) is 4.19. The van der Waals surface area contributed by atoms with Crippen LogP contribution in [0.15, 0.2) is 18.5 Å². The number of rotatable bonds is 2. The van der Waals surface area contributed by atoms with Crippen LogP contribution in [0.4, 0.5) is 0 Å². The molecule has 0 saturated heterocycles. The molecule has 0 atom stereocenters. The second kappa shape index (κ2) is 4.43. The summed E-state index contributed by atoms with van der Waals surface area (Å²) in [5, 5.41) is 0. The molecular weight excluding hydrogens is 210 g/mol. The zero-order valence-corrected chi connectivity index (χ0v) is 11.4. The van der Waals surface area contributed by atoms with E-state index in [1.54, 1.807) is 0 Å². The topological polar surface area (TPSA) is 12.9 Å². The smallest absolute Gasteiger partial charge is 0.129 e. The summed E-state index contributed by atoms with van der Waals surface area (Å²) in [4.78, 5) is 4.28. The first-order valence-corrected chi connectivity index (χ1v) is 9.50. The Kier molecular flexibility index (Phi) is 3.16. The van der Waals surface area contributed by atoms with Crippen LogP contribution in [-0.4, -0.2) is 13.1 Å². The lowest BCUT2D eigenvalue weighted by atomic mass is 10.1. The molecule has 1 saturated carbocycles. The molecule has 1 fully saturated rings. The van der Waals surface area contributed by atoms with Gasteiger partial charge in [-0.25, -0.2) is 0 Å². The van der Waals surface area contributed by atoms with Crippen LogP contribution in [0.2, 0.25) is 19.6 Å². The van der Waals surface area contributed by atoms with E-state index in [1.807, 2.05) is 12.4 Å². The second-order valence-corrected chi connectivity index (χ2v) is 10.5. The lowest BCUT2D eigenvalue weighted by molar-refractivity contribution is 0.827. The lowest BCUT2D eigenvalue weighted by Crippen LogP contribution is -2.16. The highest BCUT2D eigenvalue weighted by atomic mass is 28.3. The third kappa shape index (κ3) is 3.82. The quantitative estimate of drug-likeness (QED) is 0.560. The van der Waals surface area contributed by atoms with E-state index in [9.17, 15) is 0 Å². The minimum atomic E-state index is -1.27. The van der Waals surface area contributed by atoms with Crippen molar-refractivity contribution in [2.24, 2.45) is 5.92 Å². The van der Waals surface area contributed by atoms with Gasteiger partial charge >= 0.3 is 0 Å². The molecule has 1 aliphatic carbocycles. The van der Waals surface area contributed by atoms with Crippen molar-refractivity contribution >= 4 is 8.07 Å². The molecule has 0 bridgehead atoms. The van der Waals surface area contributed by atoms with Crippen molar-refractivity contribution in [1.82, 2.24) is 4.98 Å². The van der Waals surface area contributed by atoms with E-state index < -0.39 is 8.07 Å². The van der Waals surface area contributed by atoms with Gasteiger partial charge in [0.15, 0.2) is 0 Å². The fourth-order valence-electron chi connectivity index (χ4n) is 1.58. The van der Waals surface area contributed by atoms with Crippen LogP contribution in [0.1, 0.15) is 24.0 Å². The Balaban J connectivity index is 2.11. The molecule has 1 aliphatic rings. The summed E-state index contributed by atoms with van der Waals surface area (Å²) in [6.45, 7) is 6.80. The van der Waals surface area contributed by atoms with Crippen molar-refractivity contribution in [3.8, 4) is 11.5 Å². The molecule has 0 N–H and O–H groups in total. The first-order valence-electron chi connectivity index (χ1n) is 6.00. The van der Waals surface area contributed by atoms with Gasteiger partial charge < -0.3 is 0 Å². The summed E-state index contributed by atoms with van der Waals surface area (Å²) >= 11 is 0. The van der Waals surface area contributed by atoms with Crippen LogP contribution in [-0.2, 0) is 6.42 Å². The lowest BCUT2D eigenvalue weighted by Gasteiger charge is -2.03. The maximum atomic E-state index is 4.28. The van der Waals surface area contributed by atoms with Crippen molar-refractivity contribution < 1.29 is 0 Å². The second-order valence-electron chi connectivity index (χ2n) is 5.73. The van der Waals surface area contributed by atoms with Crippen molar-refractivity contribution in [2.45, 2.75) is 38.9 Å². The Hall–Kier alpha value is -1.07. The Labute approximate surface area is 99.3 Å². The molecule has 0 aliphatic heterocycles. The average Bonchev–Trinajstić information content (AvgIpc) is 2.98. The Morgan fingerprint density at radius 2 is 2.06 bits per heavy atom. The molecule has 16 heavy (non-hydrogen) atoms. The largest absolute Gasteiger partial charge is 0.263 e. The van der Waals surface area contributed by atoms with Crippen molar-refractivity contribution in [3.05, 3.63) is 29.6 Å². The summed E-state index contributed by atoms with van der Waals surface area (Å²) in [6, 6.07) is 2.21. The van der Waals surface area contributed by atoms with Gasteiger partial charge in [-0.05, 0) is 36.8 Å². The Morgan fingerprint density at radius 3 is 2.69 bits per heavy atom. The van der Waals surface area contributed by atoms with E-state index in [1.165, 1.54) is 24.8 Å². The molecule has 1 nitrogen and oxygen atoms in total. The highest BCUT2D eigenvalue weighted by Crippen LogP contribution is 2.32. The fraction of sp³-hybridized carbons (Fsp3) is 0.500. The van der Waals surface area contributed by atoms with Gasteiger partial charge in [0, 0.05) is 18.0 Å². The summed E-state index contributed by atoms with van der Waals surface area (Å²) in [7, 11) is -1.27. The predicted molar refractivity (Wildman–Crippen MR) is 70.9 cm³/mol. The van der Waals surface area contributed by atoms with Crippen LogP contribution in [0, 0.1) is 17.4 Å². The van der Waals surface area contributed by atoms with Gasteiger partial charge in [-0.1, -0.05) is 25.6 Å². The van der Waals surface area contributed by atoms with Gasteiger partial charge in [0.2, 0.25) is 0 Å². The minimum absolute atomic E-state index is 0.919. The molecular formula is C14H19NSi. The number of aromatic nitrogens is 1.